The smallest absolute Gasteiger partial charge is 0.475 e. The van der Waals surface area contributed by atoms with E-state index in [0.29, 0.717) is 35.2 Å². The number of nitrogens with one attached hydrogen (secondary N) is 1. The van der Waals surface area contributed by atoms with Crippen LogP contribution in [0.4, 0.5) is 13.2 Å². The van der Waals surface area contributed by atoms with Crippen LogP contribution in [0.3, 0.4) is 0 Å². The van der Waals surface area contributed by atoms with Crippen LogP contribution in [-0.4, -0.2) is 29.7 Å². The first-order chi connectivity index (χ1) is 18.3. The van der Waals surface area contributed by atoms with Gasteiger partial charge in [-0.15, -0.1) is 0 Å². The molecule has 0 saturated heterocycles. The van der Waals surface area contributed by atoms with Gasteiger partial charge in [-0.2, -0.15) is 13.2 Å². The number of nitrogens with zero attached hydrogens (tertiary/aromatic N) is 3. The van der Waals surface area contributed by atoms with Gasteiger partial charge in [0.05, 0.1) is 12.1 Å². The van der Waals surface area contributed by atoms with Crippen LogP contribution in [0.5, 0.6) is 5.75 Å². The minimum Gasteiger partial charge on any atom is -0.487 e. The molecule has 8 nitrogen and oxygen atoms in total. The van der Waals surface area contributed by atoms with Gasteiger partial charge in [0.2, 0.25) is 11.8 Å². The predicted molar refractivity (Wildman–Crippen MR) is 132 cm³/mol. The normalized spacial score (nSPS) is 12.7. The monoisotopic (exact) mass is 540 g/mol. The molecule has 0 fully saturated rings. The van der Waals surface area contributed by atoms with Crippen LogP contribution in [0.2, 0.25) is 0 Å². The number of aromatic amines is 1. The molecule has 0 saturated carbocycles. The quantitative estimate of drug-likeness (QED) is 0.244. The van der Waals surface area contributed by atoms with E-state index in [9.17, 15) is 17.4 Å². The zero-order valence-electron chi connectivity index (χ0n) is 19.5. The van der Waals surface area contributed by atoms with Gasteiger partial charge in [0.1, 0.15) is 36.4 Å². The molecule has 5 aromatic rings. The average Bonchev–Trinajstić information content (AvgIpc) is 3.69. The summed E-state index contributed by atoms with van der Waals surface area (Å²) in [5.41, 5.74) is -2.07. The first kappa shape index (κ1) is 25.2. The molecular weight excluding hydrogens is 521 g/mol. The zero-order valence-corrected chi connectivity index (χ0v) is 20.3. The number of hydrogen-bond donors (Lipinski definition) is 1. The predicted octanol–water partition coefficient (Wildman–Crippen LogP) is 6.02. The van der Waals surface area contributed by atoms with Crippen LogP contribution in [0.1, 0.15) is 28.7 Å². The summed E-state index contributed by atoms with van der Waals surface area (Å²) >= 11 is 0. The number of benzene rings is 2. The molecule has 1 atom stereocenters. The SMILES string of the molecule is O=S(c1ccc(C=Cc2nc(COc3ccc(-c4nc(Cc5ncc[nH]5)co4)cc3)co2)cc1)C(F)(F)F. The van der Waals surface area contributed by atoms with Crippen molar-refractivity contribution in [2.75, 3.05) is 0 Å². The fourth-order valence-electron chi connectivity index (χ4n) is 3.41. The topological polar surface area (TPSA) is 107 Å². The number of alkyl halides is 3. The summed E-state index contributed by atoms with van der Waals surface area (Å²) < 4.78 is 65.8. The Balaban J connectivity index is 1.14. The molecule has 0 spiro atoms. The lowest BCUT2D eigenvalue weighted by Gasteiger charge is -2.05. The summed E-state index contributed by atoms with van der Waals surface area (Å²) in [4.78, 5) is 15.7. The van der Waals surface area contributed by atoms with E-state index in [2.05, 4.69) is 19.9 Å². The van der Waals surface area contributed by atoms with Crippen LogP contribution in [0.15, 0.2) is 87.2 Å². The molecule has 194 valence electrons. The molecule has 3 heterocycles. The molecule has 12 heteroatoms. The number of halogens is 3. The summed E-state index contributed by atoms with van der Waals surface area (Å²) in [6.07, 6.45) is 10.2. The van der Waals surface area contributed by atoms with E-state index in [4.69, 9.17) is 13.6 Å². The second-order valence-electron chi connectivity index (χ2n) is 7.96. The Kier molecular flexibility index (Phi) is 7.22. The molecule has 0 bridgehead atoms. The van der Waals surface area contributed by atoms with Gasteiger partial charge in [-0.3, -0.25) is 0 Å². The van der Waals surface area contributed by atoms with Crippen LogP contribution >= 0.6 is 0 Å². The molecule has 5 rings (SSSR count). The van der Waals surface area contributed by atoms with E-state index < -0.39 is 16.3 Å². The molecule has 1 N–H and O–H groups in total. The molecule has 0 aliphatic rings. The minimum absolute atomic E-state index is 0.168. The van der Waals surface area contributed by atoms with Crippen molar-refractivity contribution >= 4 is 23.0 Å². The number of rotatable bonds is 9. The Bertz CT molecular complexity index is 1540. The Hall–Kier alpha value is -4.45. The van der Waals surface area contributed by atoms with E-state index in [1.54, 1.807) is 42.9 Å². The van der Waals surface area contributed by atoms with Gasteiger partial charge >= 0.3 is 5.51 Å². The van der Waals surface area contributed by atoms with Crippen molar-refractivity contribution in [2.45, 2.75) is 23.4 Å². The molecule has 0 amide bonds. The fourth-order valence-corrected chi connectivity index (χ4v) is 4.06. The van der Waals surface area contributed by atoms with Crippen molar-refractivity contribution in [1.82, 2.24) is 19.9 Å². The van der Waals surface area contributed by atoms with Crippen molar-refractivity contribution in [3.05, 3.63) is 102 Å². The highest BCUT2D eigenvalue weighted by atomic mass is 32.2. The lowest BCUT2D eigenvalue weighted by atomic mass is 10.2. The van der Waals surface area contributed by atoms with E-state index in [-0.39, 0.29) is 11.5 Å². The maximum atomic E-state index is 12.6. The van der Waals surface area contributed by atoms with Gasteiger partial charge < -0.3 is 18.6 Å². The van der Waals surface area contributed by atoms with Crippen LogP contribution in [0.25, 0.3) is 23.6 Å². The largest absolute Gasteiger partial charge is 0.487 e. The van der Waals surface area contributed by atoms with E-state index in [1.165, 1.54) is 30.5 Å². The Labute approximate surface area is 216 Å². The fraction of sp³-hybridized carbons (Fsp3) is 0.115. The third-order valence-electron chi connectivity index (χ3n) is 5.24. The van der Waals surface area contributed by atoms with Gasteiger partial charge in [-0.1, -0.05) is 12.1 Å². The number of oxazole rings is 2. The van der Waals surface area contributed by atoms with E-state index in [0.717, 1.165) is 17.1 Å². The Morgan fingerprint density at radius 1 is 0.947 bits per heavy atom. The number of ether oxygens (including phenoxy) is 1. The molecular formula is C26H19F3N4O4S. The Morgan fingerprint density at radius 2 is 1.71 bits per heavy atom. The molecule has 1 unspecified atom stereocenters. The molecule has 0 aliphatic heterocycles. The van der Waals surface area contributed by atoms with E-state index in [1.807, 2.05) is 12.1 Å². The second kappa shape index (κ2) is 10.9. The minimum atomic E-state index is -4.79. The molecule has 2 aromatic carbocycles. The van der Waals surface area contributed by atoms with E-state index >= 15 is 0 Å². The number of imidazole rings is 1. The molecule has 0 radical (unpaired) electrons. The summed E-state index contributed by atoms with van der Waals surface area (Å²) in [5, 5.41) is 0. The third kappa shape index (κ3) is 6.27. The highest BCUT2D eigenvalue weighted by Gasteiger charge is 2.37. The van der Waals surface area contributed by atoms with Gasteiger partial charge in [0, 0.05) is 28.9 Å². The summed E-state index contributed by atoms with van der Waals surface area (Å²) in [6.45, 7) is 0.168. The second-order valence-corrected chi connectivity index (χ2v) is 9.44. The first-order valence-electron chi connectivity index (χ1n) is 11.2. The lowest BCUT2D eigenvalue weighted by molar-refractivity contribution is -0.0384. The number of hydrogen-bond acceptors (Lipinski definition) is 7. The van der Waals surface area contributed by atoms with Crippen LogP contribution < -0.4 is 4.74 Å². The molecule has 0 aliphatic carbocycles. The maximum absolute atomic E-state index is 12.6. The Morgan fingerprint density at radius 3 is 2.42 bits per heavy atom. The van der Waals surface area contributed by atoms with Gasteiger partial charge in [-0.25, -0.2) is 19.2 Å². The van der Waals surface area contributed by atoms with Crippen molar-refractivity contribution in [3.8, 4) is 17.2 Å². The van der Waals surface area contributed by atoms with Gasteiger partial charge in [0.25, 0.3) is 0 Å². The molecule has 3 aromatic heterocycles. The summed E-state index contributed by atoms with van der Waals surface area (Å²) in [5.74, 6) is 2.22. The van der Waals surface area contributed by atoms with Crippen molar-refractivity contribution < 1.29 is 31.0 Å². The van der Waals surface area contributed by atoms with Crippen LogP contribution in [0, 0.1) is 0 Å². The number of aromatic nitrogens is 4. The summed E-state index contributed by atoms with van der Waals surface area (Å²) in [6, 6.07) is 12.5. The average molecular weight is 541 g/mol. The molecule has 38 heavy (non-hydrogen) atoms. The van der Waals surface area contributed by atoms with Crippen molar-refractivity contribution in [2.24, 2.45) is 0 Å². The van der Waals surface area contributed by atoms with Crippen molar-refractivity contribution in [1.29, 1.82) is 0 Å². The summed E-state index contributed by atoms with van der Waals surface area (Å²) in [7, 11) is -3.06. The zero-order chi connectivity index (χ0) is 26.5. The maximum Gasteiger partial charge on any atom is 0.475 e. The standard InChI is InChI=1S/C26H19F3N4O4S/c27-26(28,29)38(34)22-8-1-17(2-9-22)3-10-24-32-20(16-36-24)15-35-21-6-4-18(5-7-21)25-33-19(14-37-25)13-23-30-11-12-31-23/h1-12,14,16H,13,15H2,(H,30,31). The third-order valence-corrected chi connectivity index (χ3v) is 6.36. The highest BCUT2D eigenvalue weighted by molar-refractivity contribution is 7.86. The number of H-pyrrole nitrogens is 1. The van der Waals surface area contributed by atoms with Gasteiger partial charge in [-0.05, 0) is 48.0 Å². The first-order valence-corrected chi connectivity index (χ1v) is 12.4. The van der Waals surface area contributed by atoms with Crippen LogP contribution in [-0.2, 0) is 23.8 Å². The lowest BCUT2D eigenvalue weighted by Crippen LogP contribution is -2.16. The van der Waals surface area contributed by atoms with Crippen molar-refractivity contribution in [3.63, 3.8) is 0 Å². The van der Waals surface area contributed by atoms with Gasteiger partial charge in [0.15, 0.2) is 10.8 Å². The highest BCUT2D eigenvalue weighted by Crippen LogP contribution is 2.27.